The smallest absolute Gasteiger partial charge is 0.261 e. The van der Waals surface area contributed by atoms with E-state index in [4.69, 9.17) is 23.9 Å². The first-order chi connectivity index (χ1) is 16.0. The SMILES string of the molecule is C=C/C(=C\C)N1C(=O)c2c(C)cc(-c3cnc(OCCOCCOC)c(OC)c3)nc2C1C. The molecule has 1 aliphatic rings. The number of aromatic nitrogens is 2. The van der Waals surface area contributed by atoms with Crippen LogP contribution in [0.1, 0.15) is 41.5 Å². The quantitative estimate of drug-likeness (QED) is 0.374. The third-order valence-electron chi connectivity index (χ3n) is 5.48. The molecule has 3 rings (SSSR count). The molecule has 0 aliphatic carbocycles. The highest BCUT2D eigenvalue weighted by atomic mass is 16.6. The molecule has 0 fully saturated rings. The van der Waals surface area contributed by atoms with Crippen molar-refractivity contribution in [2.24, 2.45) is 0 Å². The van der Waals surface area contributed by atoms with Gasteiger partial charge in [0.15, 0.2) is 5.75 Å². The van der Waals surface area contributed by atoms with Gasteiger partial charge in [-0.15, -0.1) is 0 Å². The molecule has 0 aromatic carbocycles. The van der Waals surface area contributed by atoms with Crippen LogP contribution in [0.5, 0.6) is 11.6 Å². The van der Waals surface area contributed by atoms with Crippen LogP contribution >= 0.6 is 0 Å². The van der Waals surface area contributed by atoms with Gasteiger partial charge in [-0.3, -0.25) is 9.69 Å². The highest BCUT2D eigenvalue weighted by Gasteiger charge is 2.38. The molecule has 3 heterocycles. The monoisotopic (exact) mass is 453 g/mol. The molecular weight excluding hydrogens is 422 g/mol. The Kier molecular flexibility index (Phi) is 8.19. The van der Waals surface area contributed by atoms with Crippen molar-refractivity contribution in [2.75, 3.05) is 40.6 Å². The van der Waals surface area contributed by atoms with Crippen LogP contribution in [0.4, 0.5) is 0 Å². The predicted molar refractivity (Wildman–Crippen MR) is 125 cm³/mol. The first kappa shape index (κ1) is 24.4. The van der Waals surface area contributed by atoms with Crippen LogP contribution in [0.3, 0.4) is 0 Å². The number of allylic oxidation sites excluding steroid dienone is 2. The van der Waals surface area contributed by atoms with Gasteiger partial charge in [0.05, 0.1) is 49.9 Å². The zero-order chi connectivity index (χ0) is 24.0. The van der Waals surface area contributed by atoms with Crippen LogP contribution in [-0.2, 0) is 9.47 Å². The third-order valence-corrected chi connectivity index (χ3v) is 5.48. The molecule has 0 bridgehead atoms. The molecule has 1 atom stereocenters. The second-order valence-electron chi connectivity index (χ2n) is 7.54. The molecule has 2 aromatic rings. The standard InChI is InChI=1S/C25H31N3O5/c1-7-19(8-2)28-17(4)23-22(25(28)29)16(3)13-20(27-23)18-14-21(31-6)24(26-15-18)33-12-11-32-10-9-30-5/h7-8,13-15,17H,1,9-12H2,2-6H3/b19-8+. The number of methoxy groups -OCH3 is 2. The van der Waals surface area contributed by atoms with E-state index in [0.717, 1.165) is 22.5 Å². The molecule has 0 radical (unpaired) electrons. The number of hydrogen-bond acceptors (Lipinski definition) is 7. The normalized spacial score (nSPS) is 15.5. The number of pyridine rings is 2. The van der Waals surface area contributed by atoms with Crippen LogP contribution in [0.25, 0.3) is 11.3 Å². The number of amides is 1. The van der Waals surface area contributed by atoms with E-state index in [9.17, 15) is 4.79 Å². The van der Waals surface area contributed by atoms with E-state index in [-0.39, 0.29) is 11.9 Å². The highest BCUT2D eigenvalue weighted by molar-refractivity contribution is 6.01. The Hall–Kier alpha value is -3.23. The summed E-state index contributed by atoms with van der Waals surface area (Å²) in [7, 11) is 3.19. The van der Waals surface area contributed by atoms with Crippen molar-refractivity contribution in [3.05, 3.63) is 59.6 Å². The van der Waals surface area contributed by atoms with Crippen molar-refractivity contribution in [3.63, 3.8) is 0 Å². The van der Waals surface area contributed by atoms with Crippen molar-refractivity contribution in [3.8, 4) is 22.9 Å². The minimum Gasteiger partial charge on any atom is -0.491 e. The molecule has 1 amide bonds. The summed E-state index contributed by atoms with van der Waals surface area (Å²) in [5.41, 5.74) is 4.50. The number of aryl methyl sites for hydroxylation is 1. The zero-order valence-corrected chi connectivity index (χ0v) is 19.9. The summed E-state index contributed by atoms with van der Waals surface area (Å²) in [6, 6.07) is 3.53. The molecule has 8 heteroatoms. The topological polar surface area (TPSA) is 83.0 Å². The number of nitrogens with zero attached hydrogens (tertiary/aromatic N) is 3. The number of carbonyl (C=O) groups excluding carboxylic acids is 1. The zero-order valence-electron chi connectivity index (χ0n) is 19.9. The second kappa shape index (κ2) is 11.1. The number of hydrogen-bond donors (Lipinski definition) is 0. The van der Waals surface area contributed by atoms with Crippen molar-refractivity contribution >= 4 is 5.91 Å². The fraction of sp³-hybridized carbons (Fsp3) is 0.400. The molecule has 2 aromatic heterocycles. The van der Waals surface area contributed by atoms with Crippen LogP contribution in [0, 0.1) is 6.92 Å². The van der Waals surface area contributed by atoms with Gasteiger partial charge in [0, 0.05) is 24.6 Å². The van der Waals surface area contributed by atoms with Crippen molar-refractivity contribution in [2.45, 2.75) is 26.8 Å². The Morgan fingerprint density at radius 3 is 2.64 bits per heavy atom. The van der Waals surface area contributed by atoms with Gasteiger partial charge in [0.1, 0.15) is 6.61 Å². The van der Waals surface area contributed by atoms with E-state index < -0.39 is 0 Å². The fourth-order valence-electron chi connectivity index (χ4n) is 3.81. The Bertz CT molecular complexity index is 1050. The molecular formula is C25H31N3O5. The Balaban J connectivity index is 1.84. The lowest BCUT2D eigenvalue weighted by Gasteiger charge is -2.22. The van der Waals surface area contributed by atoms with Crippen LogP contribution < -0.4 is 9.47 Å². The minimum atomic E-state index is -0.203. The number of ether oxygens (including phenoxy) is 4. The molecule has 176 valence electrons. The van der Waals surface area contributed by atoms with Crippen LogP contribution in [-0.4, -0.2) is 61.4 Å². The first-order valence-corrected chi connectivity index (χ1v) is 10.8. The van der Waals surface area contributed by atoms with E-state index >= 15 is 0 Å². The average Bonchev–Trinajstić information content (AvgIpc) is 3.07. The Labute approximate surface area is 194 Å². The fourth-order valence-corrected chi connectivity index (χ4v) is 3.81. The summed E-state index contributed by atoms with van der Waals surface area (Å²) in [5.74, 6) is 0.820. The van der Waals surface area contributed by atoms with E-state index in [1.54, 1.807) is 31.4 Å². The van der Waals surface area contributed by atoms with Crippen LogP contribution in [0.15, 0.2) is 42.8 Å². The molecule has 0 saturated heterocycles. The van der Waals surface area contributed by atoms with E-state index in [1.807, 2.05) is 39.0 Å². The van der Waals surface area contributed by atoms with E-state index in [2.05, 4.69) is 11.6 Å². The number of fused-ring (bicyclic) bond motifs is 1. The van der Waals surface area contributed by atoms with Gasteiger partial charge in [-0.05, 0) is 44.5 Å². The third kappa shape index (κ3) is 5.07. The van der Waals surface area contributed by atoms with E-state index in [0.29, 0.717) is 49.3 Å². The Morgan fingerprint density at radius 2 is 1.97 bits per heavy atom. The van der Waals surface area contributed by atoms with Crippen molar-refractivity contribution in [1.29, 1.82) is 0 Å². The lowest BCUT2D eigenvalue weighted by molar-refractivity contribution is 0.0532. The second-order valence-corrected chi connectivity index (χ2v) is 7.54. The van der Waals surface area contributed by atoms with Gasteiger partial charge in [-0.25, -0.2) is 9.97 Å². The number of carbonyl (C=O) groups is 1. The van der Waals surface area contributed by atoms with Crippen molar-refractivity contribution in [1.82, 2.24) is 14.9 Å². The lowest BCUT2D eigenvalue weighted by Crippen LogP contribution is -2.25. The first-order valence-electron chi connectivity index (χ1n) is 10.8. The maximum absolute atomic E-state index is 13.1. The maximum atomic E-state index is 13.1. The lowest BCUT2D eigenvalue weighted by atomic mass is 10.0. The largest absolute Gasteiger partial charge is 0.491 e. The van der Waals surface area contributed by atoms with Gasteiger partial charge >= 0.3 is 0 Å². The molecule has 33 heavy (non-hydrogen) atoms. The average molecular weight is 454 g/mol. The summed E-state index contributed by atoms with van der Waals surface area (Å²) in [5, 5.41) is 0. The molecule has 0 N–H and O–H groups in total. The molecule has 8 nitrogen and oxygen atoms in total. The van der Waals surface area contributed by atoms with E-state index in [1.165, 1.54) is 0 Å². The number of rotatable bonds is 11. The molecule has 1 unspecified atom stereocenters. The molecule has 0 saturated carbocycles. The van der Waals surface area contributed by atoms with Gasteiger partial charge in [0.25, 0.3) is 11.8 Å². The van der Waals surface area contributed by atoms with Gasteiger partial charge in [-0.2, -0.15) is 0 Å². The van der Waals surface area contributed by atoms with Gasteiger partial charge in [-0.1, -0.05) is 12.7 Å². The Morgan fingerprint density at radius 1 is 1.21 bits per heavy atom. The molecule has 0 spiro atoms. The molecule has 1 aliphatic heterocycles. The van der Waals surface area contributed by atoms with Crippen LogP contribution in [0.2, 0.25) is 0 Å². The summed E-state index contributed by atoms with van der Waals surface area (Å²) in [4.78, 5) is 24.1. The van der Waals surface area contributed by atoms with Gasteiger partial charge < -0.3 is 18.9 Å². The summed E-state index contributed by atoms with van der Waals surface area (Å²) < 4.78 is 21.5. The predicted octanol–water partition coefficient (Wildman–Crippen LogP) is 4.11. The highest BCUT2D eigenvalue weighted by Crippen LogP contribution is 2.39. The van der Waals surface area contributed by atoms with Gasteiger partial charge in [0.2, 0.25) is 0 Å². The summed E-state index contributed by atoms with van der Waals surface area (Å²) in [6.45, 7) is 11.4. The summed E-state index contributed by atoms with van der Waals surface area (Å²) in [6.07, 6.45) is 5.25. The minimum absolute atomic E-state index is 0.0609. The maximum Gasteiger partial charge on any atom is 0.261 e. The summed E-state index contributed by atoms with van der Waals surface area (Å²) >= 11 is 0. The van der Waals surface area contributed by atoms with Crippen molar-refractivity contribution < 1.29 is 23.7 Å².